The summed E-state index contributed by atoms with van der Waals surface area (Å²) in [6.45, 7) is 6.14. The summed E-state index contributed by atoms with van der Waals surface area (Å²) in [6.07, 6.45) is 0. The highest BCUT2D eigenvalue weighted by atomic mass is 79.9. The average Bonchev–Trinajstić information content (AvgIpc) is 3.10. The lowest BCUT2D eigenvalue weighted by Gasteiger charge is -2.15. The number of anilines is 1. The van der Waals surface area contributed by atoms with Crippen LogP contribution in [0.25, 0.3) is 11.3 Å². The van der Waals surface area contributed by atoms with Gasteiger partial charge in [0.2, 0.25) is 0 Å². The van der Waals surface area contributed by atoms with Gasteiger partial charge in [-0.15, -0.1) is 11.3 Å². The highest BCUT2D eigenvalue weighted by Gasteiger charge is 2.14. The summed E-state index contributed by atoms with van der Waals surface area (Å²) in [6, 6.07) is 11.9. The lowest BCUT2D eigenvalue weighted by atomic mass is 10.0. The van der Waals surface area contributed by atoms with Crippen molar-refractivity contribution in [2.45, 2.75) is 26.7 Å². The Hall–Kier alpha value is -1.70. The number of thiazole rings is 1. The topological polar surface area (TPSA) is 51.2 Å². The molecule has 3 rings (SSSR count). The third kappa shape index (κ3) is 5.21. The molecular weight excluding hydrogens is 504 g/mol. The van der Waals surface area contributed by atoms with E-state index < -0.39 is 0 Å². The van der Waals surface area contributed by atoms with Crippen molar-refractivity contribution in [2.24, 2.45) is 0 Å². The van der Waals surface area contributed by atoms with Crippen LogP contribution in [-0.4, -0.2) is 17.5 Å². The van der Waals surface area contributed by atoms with Gasteiger partial charge in [-0.2, -0.15) is 0 Å². The quantitative estimate of drug-likeness (QED) is 0.387. The Morgan fingerprint density at radius 1 is 1.25 bits per heavy atom. The first-order chi connectivity index (χ1) is 13.3. The molecule has 146 valence electrons. The third-order valence-electron chi connectivity index (χ3n) is 4.14. The molecule has 1 amide bonds. The largest absolute Gasteiger partial charge is 0.483 e. The monoisotopic (exact) mass is 522 g/mol. The van der Waals surface area contributed by atoms with Crippen molar-refractivity contribution in [3.63, 3.8) is 0 Å². The number of benzene rings is 2. The average molecular weight is 524 g/mol. The maximum absolute atomic E-state index is 12.3. The number of nitrogens with one attached hydrogen (secondary N) is 1. The Morgan fingerprint density at radius 2 is 2.04 bits per heavy atom. The molecule has 0 aliphatic heterocycles. The molecule has 0 saturated heterocycles. The van der Waals surface area contributed by atoms with E-state index in [0.717, 1.165) is 37.1 Å². The Balaban J connectivity index is 1.65. The lowest BCUT2D eigenvalue weighted by Crippen LogP contribution is -2.20. The van der Waals surface area contributed by atoms with Crippen LogP contribution in [0.15, 0.2) is 50.7 Å². The predicted octanol–water partition coefficient (Wildman–Crippen LogP) is 6.78. The number of ether oxygens (including phenoxy) is 1. The smallest absolute Gasteiger partial charge is 0.264 e. The Kier molecular flexibility index (Phi) is 6.91. The second kappa shape index (κ2) is 9.20. The summed E-state index contributed by atoms with van der Waals surface area (Å²) < 4.78 is 7.84. The van der Waals surface area contributed by atoms with Crippen molar-refractivity contribution >= 4 is 54.2 Å². The minimum Gasteiger partial charge on any atom is -0.483 e. The van der Waals surface area contributed by atoms with E-state index in [-0.39, 0.29) is 12.5 Å². The maximum Gasteiger partial charge on any atom is 0.264 e. The second-order valence-corrected chi connectivity index (χ2v) is 9.31. The number of rotatable bonds is 6. The molecule has 3 aromatic rings. The Bertz CT molecular complexity index is 1000. The van der Waals surface area contributed by atoms with E-state index in [1.165, 1.54) is 11.3 Å². The van der Waals surface area contributed by atoms with Crippen molar-refractivity contribution in [2.75, 3.05) is 11.9 Å². The number of halogens is 2. The van der Waals surface area contributed by atoms with E-state index in [9.17, 15) is 4.79 Å². The van der Waals surface area contributed by atoms with E-state index in [1.54, 1.807) is 0 Å². The molecule has 1 aromatic heterocycles. The van der Waals surface area contributed by atoms with Crippen LogP contribution >= 0.6 is 43.2 Å². The Labute approximate surface area is 185 Å². The molecule has 0 fully saturated rings. The van der Waals surface area contributed by atoms with Crippen molar-refractivity contribution in [1.82, 2.24) is 4.98 Å². The van der Waals surface area contributed by atoms with Crippen LogP contribution in [0.1, 0.15) is 30.9 Å². The molecule has 0 atom stereocenters. The fourth-order valence-electron chi connectivity index (χ4n) is 2.66. The number of carbonyl (C=O) groups is 1. The summed E-state index contributed by atoms with van der Waals surface area (Å²) >= 11 is 8.41. The SMILES string of the molecule is Cc1cc(OCC(=O)Nc2nc(-c3cccc(Br)c3)cs2)c(C(C)C)cc1Br. The van der Waals surface area contributed by atoms with Gasteiger partial charge in [0.1, 0.15) is 5.75 Å². The fourth-order valence-corrected chi connectivity index (χ4v) is 4.15. The molecule has 1 N–H and O–H groups in total. The fraction of sp³-hybridized carbons (Fsp3) is 0.238. The van der Waals surface area contributed by atoms with Crippen LogP contribution in [0, 0.1) is 6.92 Å². The van der Waals surface area contributed by atoms with Crippen LogP contribution in [0.5, 0.6) is 5.75 Å². The number of nitrogens with zero attached hydrogens (tertiary/aromatic N) is 1. The van der Waals surface area contributed by atoms with Gasteiger partial charge in [0, 0.05) is 19.9 Å². The van der Waals surface area contributed by atoms with Crippen molar-refractivity contribution in [3.05, 3.63) is 61.9 Å². The van der Waals surface area contributed by atoms with Gasteiger partial charge in [-0.3, -0.25) is 10.1 Å². The second-order valence-electron chi connectivity index (χ2n) is 6.68. The van der Waals surface area contributed by atoms with Gasteiger partial charge < -0.3 is 4.74 Å². The molecule has 0 aliphatic rings. The summed E-state index contributed by atoms with van der Waals surface area (Å²) in [5.74, 6) is 0.798. The van der Waals surface area contributed by atoms with E-state index in [4.69, 9.17) is 4.74 Å². The van der Waals surface area contributed by atoms with E-state index in [0.29, 0.717) is 11.0 Å². The summed E-state index contributed by atoms with van der Waals surface area (Å²) in [7, 11) is 0. The van der Waals surface area contributed by atoms with Gasteiger partial charge in [0.05, 0.1) is 5.69 Å². The number of carbonyl (C=O) groups excluding carboxylic acids is 1. The predicted molar refractivity (Wildman–Crippen MR) is 122 cm³/mol. The van der Waals surface area contributed by atoms with Crippen molar-refractivity contribution < 1.29 is 9.53 Å². The molecule has 28 heavy (non-hydrogen) atoms. The van der Waals surface area contributed by atoms with Gasteiger partial charge in [-0.25, -0.2) is 4.98 Å². The van der Waals surface area contributed by atoms with Crippen LogP contribution in [0.2, 0.25) is 0 Å². The molecule has 0 radical (unpaired) electrons. The van der Waals surface area contributed by atoms with E-state index >= 15 is 0 Å². The standard InChI is InChI=1S/C21H20Br2N2O2S/c1-12(2)16-9-17(23)13(3)7-19(16)27-10-20(26)25-21-24-18(11-28-21)14-5-4-6-15(22)8-14/h4-9,11-12H,10H2,1-3H3,(H,24,25,26). The zero-order valence-electron chi connectivity index (χ0n) is 15.8. The summed E-state index contributed by atoms with van der Waals surface area (Å²) in [4.78, 5) is 16.8. The minimum absolute atomic E-state index is 0.0629. The van der Waals surface area contributed by atoms with Gasteiger partial charge in [0.25, 0.3) is 5.91 Å². The molecular formula is C21H20Br2N2O2S. The molecule has 7 heteroatoms. The number of aryl methyl sites for hydroxylation is 1. The molecule has 0 aliphatic carbocycles. The van der Waals surface area contributed by atoms with E-state index in [2.05, 4.69) is 62.1 Å². The molecule has 4 nitrogen and oxygen atoms in total. The molecule has 2 aromatic carbocycles. The molecule has 1 heterocycles. The molecule has 0 unspecified atom stereocenters. The minimum atomic E-state index is -0.231. The third-order valence-corrected chi connectivity index (χ3v) is 6.25. The van der Waals surface area contributed by atoms with Gasteiger partial charge >= 0.3 is 0 Å². The van der Waals surface area contributed by atoms with Crippen LogP contribution in [0.4, 0.5) is 5.13 Å². The van der Waals surface area contributed by atoms with Gasteiger partial charge in [0.15, 0.2) is 11.7 Å². The zero-order chi connectivity index (χ0) is 20.3. The van der Waals surface area contributed by atoms with Crippen LogP contribution < -0.4 is 10.1 Å². The zero-order valence-corrected chi connectivity index (χ0v) is 19.7. The molecule has 0 saturated carbocycles. The summed E-state index contributed by atoms with van der Waals surface area (Å²) in [5, 5.41) is 5.29. The maximum atomic E-state index is 12.3. The first-order valence-electron chi connectivity index (χ1n) is 8.77. The first kappa shape index (κ1) is 21.0. The highest BCUT2D eigenvalue weighted by molar-refractivity contribution is 9.10. The van der Waals surface area contributed by atoms with Crippen LogP contribution in [0.3, 0.4) is 0 Å². The van der Waals surface area contributed by atoms with Crippen molar-refractivity contribution in [1.29, 1.82) is 0 Å². The highest BCUT2D eigenvalue weighted by Crippen LogP contribution is 2.32. The number of hydrogen-bond acceptors (Lipinski definition) is 4. The summed E-state index contributed by atoms with van der Waals surface area (Å²) in [5.41, 5.74) is 3.96. The lowest BCUT2D eigenvalue weighted by molar-refractivity contribution is -0.118. The first-order valence-corrected chi connectivity index (χ1v) is 11.2. The Morgan fingerprint density at radius 3 is 2.75 bits per heavy atom. The van der Waals surface area contributed by atoms with Gasteiger partial charge in [-0.05, 0) is 48.2 Å². The molecule has 0 spiro atoms. The number of hydrogen-bond donors (Lipinski definition) is 1. The van der Waals surface area contributed by atoms with Crippen molar-refractivity contribution in [3.8, 4) is 17.0 Å². The normalized spacial score (nSPS) is 10.9. The number of aromatic nitrogens is 1. The number of amides is 1. The van der Waals surface area contributed by atoms with E-state index in [1.807, 2.05) is 42.6 Å². The van der Waals surface area contributed by atoms with Crippen LogP contribution in [-0.2, 0) is 4.79 Å². The van der Waals surface area contributed by atoms with Gasteiger partial charge in [-0.1, -0.05) is 57.8 Å². The molecule has 0 bridgehead atoms.